The van der Waals surface area contributed by atoms with Gasteiger partial charge in [0.1, 0.15) is 12.2 Å². The molecule has 2 rings (SSSR count). The summed E-state index contributed by atoms with van der Waals surface area (Å²) < 4.78 is 11.2. The fourth-order valence-corrected chi connectivity index (χ4v) is 2.73. The molecule has 4 atom stereocenters. The van der Waals surface area contributed by atoms with Gasteiger partial charge in [-0.15, -0.1) is 0 Å². The van der Waals surface area contributed by atoms with E-state index in [-0.39, 0.29) is 36.1 Å². The molecule has 2 aliphatic rings. The fourth-order valence-electron chi connectivity index (χ4n) is 2.39. The maximum absolute atomic E-state index is 11.5. The van der Waals surface area contributed by atoms with E-state index in [0.29, 0.717) is 19.0 Å². The highest BCUT2D eigenvalue weighted by Gasteiger charge is 2.48. The molecule has 2 fully saturated rings. The summed E-state index contributed by atoms with van der Waals surface area (Å²) in [6.07, 6.45) is 1.56. The van der Waals surface area contributed by atoms with Crippen molar-refractivity contribution in [3.05, 3.63) is 0 Å². The monoisotopic (exact) mass is 274 g/mol. The highest BCUT2D eigenvalue weighted by Crippen LogP contribution is 2.27. The third-order valence-electron chi connectivity index (χ3n) is 3.06. The molecule has 0 bridgehead atoms. The average molecular weight is 274 g/mol. The molecule has 2 saturated heterocycles. The van der Waals surface area contributed by atoms with Gasteiger partial charge in [0, 0.05) is 6.92 Å². The summed E-state index contributed by atoms with van der Waals surface area (Å²) in [5.41, 5.74) is 0. The lowest BCUT2D eigenvalue weighted by Crippen LogP contribution is -2.46. The van der Waals surface area contributed by atoms with Crippen LogP contribution in [0.4, 0.5) is 0 Å². The molecule has 0 saturated carbocycles. The molecule has 102 valence electrons. The first-order valence-electron chi connectivity index (χ1n) is 5.90. The molecule has 18 heavy (non-hydrogen) atoms. The summed E-state index contributed by atoms with van der Waals surface area (Å²) in [6, 6.07) is -0.233. The first-order chi connectivity index (χ1) is 8.61. The van der Waals surface area contributed by atoms with E-state index in [4.69, 9.17) is 9.47 Å². The number of hydrogen-bond acceptors (Lipinski definition) is 5. The van der Waals surface area contributed by atoms with Gasteiger partial charge in [0.05, 0.1) is 31.1 Å². The lowest BCUT2D eigenvalue weighted by molar-refractivity contribution is -0.120. The van der Waals surface area contributed by atoms with E-state index in [9.17, 15) is 9.59 Å². The van der Waals surface area contributed by atoms with E-state index in [2.05, 4.69) is 10.6 Å². The number of ether oxygens (including phenoxy) is 2. The molecule has 7 heteroatoms. The molecule has 0 aromatic heterocycles. The Labute approximate surface area is 110 Å². The molecular weight excluding hydrogens is 256 g/mol. The summed E-state index contributed by atoms with van der Waals surface area (Å²) in [4.78, 5) is 22.6. The van der Waals surface area contributed by atoms with Crippen molar-refractivity contribution in [2.75, 3.05) is 25.2 Å². The van der Waals surface area contributed by atoms with Gasteiger partial charge in [0.2, 0.25) is 11.8 Å². The number of carbonyl (C=O) groups is 2. The van der Waals surface area contributed by atoms with Crippen molar-refractivity contribution < 1.29 is 19.1 Å². The van der Waals surface area contributed by atoms with Crippen LogP contribution in [0.3, 0.4) is 0 Å². The number of nitrogens with one attached hydrogen (secondary N) is 2. The Kier molecular flexibility index (Phi) is 4.47. The Bertz CT molecular complexity index is 339. The second-order valence-corrected chi connectivity index (χ2v) is 5.38. The first kappa shape index (κ1) is 13.6. The van der Waals surface area contributed by atoms with Crippen molar-refractivity contribution in [2.45, 2.75) is 31.2 Å². The van der Waals surface area contributed by atoms with Gasteiger partial charge in [-0.25, -0.2) is 0 Å². The summed E-state index contributed by atoms with van der Waals surface area (Å²) >= 11 is 1.48. The van der Waals surface area contributed by atoms with Gasteiger partial charge in [0.25, 0.3) is 0 Å². The van der Waals surface area contributed by atoms with Crippen molar-refractivity contribution in [1.29, 1.82) is 0 Å². The topological polar surface area (TPSA) is 76.7 Å². The Hall–Kier alpha value is -0.790. The minimum Gasteiger partial charge on any atom is -0.371 e. The summed E-state index contributed by atoms with van der Waals surface area (Å²) in [6.45, 7) is 2.34. The molecule has 6 nitrogen and oxygen atoms in total. The van der Waals surface area contributed by atoms with Gasteiger partial charge in [-0.1, -0.05) is 0 Å². The minimum atomic E-state index is -0.160. The third kappa shape index (κ3) is 2.96. The molecule has 2 heterocycles. The second kappa shape index (κ2) is 5.90. The van der Waals surface area contributed by atoms with Gasteiger partial charge in [-0.3, -0.25) is 9.59 Å². The van der Waals surface area contributed by atoms with Crippen molar-refractivity contribution in [2.24, 2.45) is 0 Å². The Morgan fingerprint density at radius 2 is 1.72 bits per heavy atom. The summed E-state index contributed by atoms with van der Waals surface area (Å²) in [7, 11) is 0. The van der Waals surface area contributed by atoms with E-state index < -0.39 is 0 Å². The third-order valence-corrected chi connectivity index (χ3v) is 3.61. The van der Waals surface area contributed by atoms with Crippen molar-refractivity contribution >= 4 is 23.6 Å². The van der Waals surface area contributed by atoms with Crippen LogP contribution in [0.2, 0.25) is 0 Å². The minimum absolute atomic E-state index is 0.0108. The van der Waals surface area contributed by atoms with Crippen LogP contribution in [0.25, 0.3) is 0 Å². The van der Waals surface area contributed by atoms with E-state index in [0.717, 1.165) is 0 Å². The van der Waals surface area contributed by atoms with Crippen molar-refractivity contribution in [1.82, 2.24) is 10.6 Å². The molecule has 2 N–H and O–H groups in total. The van der Waals surface area contributed by atoms with Crippen LogP contribution in [0.5, 0.6) is 0 Å². The largest absolute Gasteiger partial charge is 0.371 e. The van der Waals surface area contributed by atoms with E-state index in [1.807, 2.05) is 6.26 Å². The van der Waals surface area contributed by atoms with Crippen LogP contribution >= 0.6 is 11.8 Å². The number of rotatable bonds is 4. The highest BCUT2D eigenvalue weighted by atomic mass is 32.2. The van der Waals surface area contributed by atoms with Crippen molar-refractivity contribution in [3.63, 3.8) is 0 Å². The molecule has 0 aliphatic carbocycles. The Balaban J connectivity index is 1.88. The highest BCUT2D eigenvalue weighted by molar-refractivity contribution is 7.99. The van der Waals surface area contributed by atoms with Gasteiger partial charge < -0.3 is 20.1 Å². The van der Waals surface area contributed by atoms with E-state index in [1.54, 1.807) is 0 Å². The van der Waals surface area contributed by atoms with Crippen LogP contribution in [0.15, 0.2) is 0 Å². The summed E-state index contributed by atoms with van der Waals surface area (Å²) in [5.74, 6) is 0.328. The van der Waals surface area contributed by atoms with E-state index in [1.165, 1.54) is 18.7 Å². The van der Waals surface area contributed by atoms with Crippen LogP contribution in [-0.4, -0.2) is 61.3 Å². The maximum Gasteiger partial charge on any atom is 0.230 e. The quantitative estimate of drug-likeness (QED) is 0.697. The lowest BCUT2D eigenvalue weighted by Gasteiger charge is -2.17. The molecule has 0 aromatic rings. The average Bonchev–Trinajstić information content (AvgIpc) is 2.83. The van der Waals surface area contributed by atoms with Crippen LogP contribution in [-0.2, 0) is 19.1 Å². The maximum atomic E-state index is 11.5. The Morgan fingerprint density at radius 3 is 2.22 bits per heavy atom. The van der Waals surface area contributed by atoms with Gasteiger partial charge >= 0.3 is 0 Å². The number of thioether (sulfide) groups is 1. The van der Waals surface area contributed by atoms with Gasteiger partial charge in [-0.05, 0) is 6.26 Å². The number of hydrogen-bond donors (Lipinski definition) is 2. The normalized spacial score (nSPS) is 34.1. The second-order valence-electron chi connectivity index (χ2n) is 4.51. The number of fused-ring (bicyclic) bond motifs is 1. The van der Waals surface area contributed by atoms with E-state index >= 15 is 0 Å². The number of carbonyl (C=O) groups excluding carboxylic acids is 2. The number of amides is 2. The molecule has 0 aromatic carbocycles. The predicted octanol–water partition coefficient (Wildman–Crippen LogP) is -0.863. The van der Waals surface area contributed by atoms with Gasteiger partial charge in [-0.2, -0.15) is 11.8 Å². The lowest BCUT2D eigenvalue weighted by atomic mass is 10.1. The smallest absolute Gasteiger partial charge is 0.230 e. The predicted molar refractivity (Wildman–Crippen MR) is 67.4 cm³/mol. The van der Waals surface area contributed by atoms with Gasteiger partial charge in [0.15, 0.2) is 0 Å². The van der Waals surface area contributed by atoms with Crippen LogP contribution in [0.1, 0.15) is 6.92 Å². The first-order valence-corrected chi connectivity index (χ1v) is 7.30. The zero-order chi connectivity index (χ0) is 13.1. The standard InChI is InChI=1S/C11H18N2O4S/c1-6(14)12-7-3-16-11-8(4-17-10(7)11)13-9(15)5-18-2/h7-8,10-11H,3-5H2,1-2H3,(H,12,14)(H,13,15)/t7-,8-,10+,11+/m0/s1. The van der Waals surface area contributed by atoms with Crippen LogP contribution < -0.4 is 10.6 Å². The Morgan fingerprint density at radius 1 is 1.17 bits per heavy atom. The molecule has 0 spiro atoms. The molecule has 2 amide bonds. The molecule has 0 radical (unpaired) electrons. The zero-order valence-electron chi connectivity index (χ0n) is 10.5. The SMILES string of the molecule is CSCC(=O)N[C@H]1CO[C@H]2[C@@H]1OC[C@@H]2NC(C)=O. The van der Waals surface area contributed by atoms with Crippen LogP contribution in [0, 0.1) is 0 Å². The fraction of sp³-hybridized carbons (Fsp3) is 0.818. The molecule has 0 unspecified atom stereocenters. The zero-order valence-corrected chi connectivity index (χ0v) is 11.3. The van der Waals surface area contributed by atoms with Crippen molar-refractivity contribution in [3.8, 4) is 0 Å². The molecule has 2 aliphatic heterocycles. The summed E-state index contributed by atoms with van der Waals surface area (Å²) in [5, 5.41) is 5.71. The molecular formula is C11H18N2O4S.